The maximum atomic E-state index is 14.2. The Labute approximate surface area is 303 Å². The fraction of sp³-hybridized carbons (Fsp3) is 0.385. The SMILES string of the molecule is CC(=Nc1cc2ccc(N3CCNC(=O)C3)cc2nc1C(=O)Nc1cnccc1N1CC(C)CC(NC(=O)OC(C)(C)C)C1)OCc1ccccc1. The maximum Gasteiger partial charge on any atom is 0.407 e. The molecule has 2 aromatic carbocycles. The van der Waals surface area contributed by atoms with Crippen molar-refractivity contribution in [3.63, 3.8) is 0 Å². The molecule has 0 radical (unpaired) electrons. The number of rotatable bonds is 8. The Balaban J connectivity index is 1.29. The van der Waals surface area contributed by atoms with Crippen LogP contribution < -0.4 is 25.8 Å². The molecule has 2 aliphatic heterocycles. The van der Waals surface area contributed by atoms with E-state index in [1.54, 1.807) is 19.3 Å². The smallest absolute Gasteiger partial charge is 0.407 e. The van der Waals surface area contributed by atoms with Crippen LogP contribution in [0.15, 0.2) is 78.0 Å². The number of fused-ring (bicyclic) bond motifs is 1. The van der Waals surface area contributed by atoms with Crippen molar-refractivity contribution in [1.82, 2.24) is 20.6 Å². The lowest BCUT2D eigenvalue weighted by atomic mass is 9.95. The summed E-state index contributed by atoms with van der Waals surface area (Å²) in [5.74, 6) is 0.120. The third-order valence-electron chi connectivity index (χ3n) is 8.74. The highest BCUT2D eigenvalue weighted by atomic mass is 16.6. The summed E-state index contributed by atoms with van der Waals surface area (Å²) >= 11 is 0. The van der Waals surface area contributed by atoms with Crippen LogP contribution in [0.5, 0.6) is 0 Å². The van der Waals surface area contributed by atoms with Gasteiger partial charge >= 0.3 is 6.09 Å². The zero-order chi connectivity index (χ0) is 36.8. The molecule has 2 aliphatic rings. The molecule has 4 aromatic rings. The molecule has 13 nitrogen and oxygen atoms in total. The third-order valence-corrected chi connectivity index (χ3v) is 8.74. The molecule has 6 rings (SSSR count). The number of anilines is 3. The van der Waals surface area contributed by atoms with Gasteiger partial charge < -0.3 is 35.2 Å². The van der Waals surface area contributed by atoms with E-state index < -0.39 is 17.6 Å². The molecule has 0 saturated carbocycles. The van der Waals surface area contributed by atoms with Crippen LogP contribution in [0.3, 0.4) is 0 Å². The minimum Gasteiger partial charge on any atom is -0.476 e. The van der Waals surface area contributed by atoms with Crippen molar-refractivity contribution in [1.29, 1.82) is 0 Å². The van der Waals surface area contributed by atoms with Crippen molar-refractivity contribution in [2.75, 3.05) is 47.8 Å². The first-order valence-electron chi connectivity index (χ1n) is 17.6. The zero-order valence-corrected chi connectivity index (χ0v) is 30.3. The minimum atomic E-state index is -0.607. The first-order valence-corrected chi connectivity index (χ1v) is 17.6. The molecule has 4 heterocycles. The second kappa shape index (κ2) is 15.7. The van der Waals surface area contributed by atoms with Crippen LogP contribution in [-0.2, 0) is 20.9 Å². The average Bonchev–Trinajstić information content (AvgIpc) is 3.10. The Kier molecular flexibility index (Phi) is 10.9. The fourth-order valence-corrected chi connectivity index (χ4v) is 6.48. The standard InChI is InChI=1S/C39H46N8O5/c1-25-17-29(43-38(50)52-39(3,4)5)22-47(21-25)34-13-14-40-20-33(34)45-37(49)36-32(42-26(2)51-24-27-9-7-6-8-10-27)18-28-11-12-30(19-31(28)44-36)46-16-15-41-35(48)23-46/h6-14,18-20,25,29H,15-17,21-24H2,1-5H3,(H,41,48)(H,43,50)(H,45,49). The van der Waals surface area contributed by atoms with Crippen molar-refractivity contribution in [2.45, 2.75) is 59.3 Å². The molecule has 3 amide bonds. The molecule has 2 saturated heterocycles. The number of carbonyl (C=O) groups is 3. The van der Waals surface area contributed by atoms with E-state index in [1.807, 2.05) is 86.3 Å². The van der Waals surface area contributed by atoms with Crippen molar-refractivity contribution in [3.8, 4) is 0 Å². The van der Waals surface area contributed by atoms with E-state index in [1.165, 1.54) is 0 Å². The number of benzene rings is 2. The molecular weight excluding hydrogens is 660 g/mol. The quantitative estimate of drug-likeness (QED) is 0.152. The van der Waals surface area contributed by atoms with Gasteiger partial charge in [-0.3, -0.25) is 14.6 Å². The van der Waals surface area contributed by atoms with Crippen LogP contribution in [-0.4, -0.2) is 78.1 Å². The number of hydrogen-bond acceptors (Lipinski definition) is 10. The predicted molar refractivity (Wildman–Crippen MR) is 202 cm³/mol. The summed E-state index contributed by atoms with van der Waals surface area (Å²) in [6, 6.07) is 19.1. The molecule has 2 aromatic heterocycles. The van der Waals surface area contributed by atoms with Crippen molar-refractivity contribution in [3.05, 3.63) is 84.3 Å². The van der Waals surface area contributed by atoms with Gasteiger partial charge in [-0.1, -0.05) is 43.3 Å². The lowest BCUT2D eigenvalue weighted by molar-refractivity contribution is -0.120. The van der Waals surface area contributed by atoms with E-state index in [0.717, 1.165) is 35.3 Å². The Hall–Kier alpha value is -5.72. The number of amides is 3. The van der Waals surface area contributed by atoms with Gasteiger partial charge in [0.05, 0.1) is 35.3 Å². The van der Waals surface area contributed by atoms with Crippen LogP contribution in [0, 0.1) is 5.92 Å². The second-order valence-corrected chi connectivity index (χ2v) is 14.3. The monoisotopic (exact) mass is 706 g/mol. The summed E-state index contributed by atoms with van der Waals surface area (Å²) in [6.07, 6.45) is 3.63. The summed E-state index contributed by atoms with van der Waals surface area (Å²) in [5, 5.41) is 9.71. The number of ether oxygens (including phenoxy) is 2. The number of pyridine rings is 2. The van der Waals surface area contributed by atoms with Gasteiger partial charge in [0.2, 0.25) is 5.91 Å². The summed E-state index contributed by atoms with van der Waals surface area (Å²) < 4.78 is 11.5. The number of alkyl carbamates (subject to hydrolysis) is 1. The van der Waals surface area contributed by atoms with Crippen LogP contribution in [0.4, 0.5) is 27.5 Å². The van der Waals surface area contributed by atoms with E-state index in [-0.39, 0.29) is 30.1 Å². The molecule has 272 valence electrons. The number of piperidine rings is 1. The van der Waals surface area contributed by atoms with Crippen molar-refractivity contribution in [2.24, 2.45) is 10.9 Å². The highest BCUT2D eigenvalue weighted by Crippen LogP contribution is 2.32. The summed E-state index contributed by atoms with van der Waals surface area (Å²) in [6.45, 7) is 12.4. The zero-order valence-electron chi connectivity index (χ0n) is 30.3. The number of hydrogen-bond donors (Lipinski definition) is 3. The Morgan fingerprint density at radius 3 is 2.63 bits per heavy atom. The molecule has 13 heteroatoms. The van der Waals surface area contributed by atoms with Gasteiger partial charge in [0.1, 0.15) is 12.2 Å². The van der Waals surface area contributed by atoms with E-state index in [9.17, 15) is 14.4 Å². The molecule has 0 spiro atoms. The van der Waals surface area contributed by atoms with Gasteiger partial charge in [0, 0.05) is 56.4 Å². The Morgan fingerprint density at radius 2 is 1.87 bits per heavy atom. The van der Waals surface area contributed by atoms with Gasteiger partial charge in [-0.05, 0) is 62.9 Å². The van der Waals surface area contributed by atoms with Crippen molar-refractivity contribution >= 4 is 57.5 Å². The van der Waals surface area contributed by atoms with Gasteiger partial charge in [-0.25, -0.2) is 14.8 Å². The predicted octanol–water partition coefficient (Wildman–Crippen LogP) is 5.82. The number of aliphatic imine (C=N–C) groups is 1. The Bertz CT molecular complexity index is 1960. The molecule has 2 unspecified atom stereocenters. The van der Waals surface area contributed by atoms with Crippen LogP contribution in [0.2, 0.25) is 0 Å². The largest absolute Gasteiger partial charge is 0.476 e. The fourth-order valence-electron chi connectivity index (χ4n) is 6.48. The minimum absolute atomic E-state index is 0.0441. The number of piperazine rings is 1. The highest BCUT2D eigenvalue weighted by molar-refractivity contribution is 6.09. The van der Waals surface area contributed by atoms with Gasteiger partial charge in [-0.2, -0.15) is 0 Å². The maximum absolute atomic E-state index is 14.2. The molecule has 0 bridgehead atoms. The molecule has 3 N–H and O–H groups in total. The summed E-state index contributed by atoms with van der Waals surface area (Å²) in [4.78, 5) is 57.0. The number of carbonyl (C=O) groups excluding carboxylic acids is 3. The lowest BCUT2D eigenvalue weighted by Gasteiger charge is -2.39. The Morgan fingerprint density at radius 1 is 1.06 bits per heavy atom. The summed E-state index contributed by atoms with van der Waals surface area (Å²) in [5.41, 5.74) is 3.53. The normalized spacial score (nSPS) is 18.1. The number of nitrogens with one attached hydrogen (secondary N) is 3. The molecule has 52 heavy (non-hydrogen) atoms. The van der Waals surface area contributed by atoms with Crippen LogP contribution in [0.1, 0.15) is 57.1 Å². The molecular formula is C39H46N8O5. The topological polar surface area (TPSA) is 150 Å². The molecule has 0 aliphatic carbocycles. The highest BCUT2D eigenvalue weighted by Gasteiger charge is 2.29. The second-order valence-electron chi connectivity index (χ2n) is 14.3. The van der Waals surface area contributed by atoms with Gasteiger partial charge in [-0.15, -0.1) is 0 Å². The van der Waals surface area contributed by atoms with Crippen LogP contribution >= 0.6 is 0 Å². The number of nitrogens with zero attached hydrogens (tertiary/aromatic N) is 5. The van der Waals surface area contributed by atoms with Gasteiger partial charge in [0.15, 0.2) is 11.6 Å². The first-order chi connectivity index (χ1) is 24.9. The van der Waals surface area contributed by atoms with E-state index in [0.29, 0.717) is 49.0 Å². The first kappa shape index (κ1) is 36.1. The molecule has 2 fully saturated rings. The van der Waals surface area contributed by atoms with E-state index in [4.69, 9.17) is 19.5 Å². The average molecular weight is 707 g/mol. The third kappa shape index (κ3) is 9.33. The van der Waals surface area contributed by atoms with Crippen molar-refractivity contribution < 1.29 is 23.9 Å². The lowest BCUT2D eigenvalue weighted by Crippen LogP contribution is -2.51. The number of aromatic nitrogens is 2. The molecule has 2 atom stereocenters. The van der Waals surface area contributed by atoms with E-state index in [2.05, 4.69) is 32.8 Å². The summed E-state index contributed by atoms with van der Waals surface area (Å²) in [7, 11) is 0. The van der Waals surface area contributed by atoms with E-state index >= 15 is 0 Å². The van der Waals surface area contributed by atoms with Gasteiger partial charge in [0.25, 0.3) is 5.91 Å². The van der Waals surface area contributed by atoms with Crippen LogP contribution in [0.25, 0.3) is 10.9 Å².